The number of morpholine rings is 1. The van der Waals surface area contributed by atoms with Crippen molar-refractivity contribution in [2.24, 2.45) is 0 Å². The summed E-state index contributed by atoms with van der Waals surface area (Å²) < 4.78 is 11.9. The van der Waals surface area contributed by atoms with Crippen LogP contribution in [0.1, 0.15) is 50.3 Å². The summed E-state index contributed by atoms with van der Waals surface area (Å²) in [5.74, 6) is 1.34. The molecule has 2 aliphatic heterocycles. The fraction of sp³-hybridized carbons (Fsp3) is 0.636. The van der Waals surface area contributed by atoms with E-state index in [-0.39, 0.29) is 24.0 Å². The highest BCUT2D eigenvalue weighted by Crippen LogP contribution is 2.31. The third kappa shape index (κ3) is 3.55. The molecule has 1 amide bonds. The Morgan fingerprint density at radius 2 is 2.00 bits per heavy atom. The first-order valence-corrected chi connectivity index (χ1v) is 10.8. The predicted octanol–water partition coefficient (Wildman–Crippen LogP) is 3.18. The second-order valence-electron chi connectivity index (χ2n) is 8.44. The molecule has 2 aromatic rings. The molecule has 6 nitrogen and oxygen atoms in total. The highest BCUT2D eigenvalue weighted by atomic mass is 16.5. The summed E-state index contributed by atoms with van der Waals surface area (Å²) in [5.41, 5.74) is 1.77. The summed E-state index contributed by atoms with van der Waals surface area (Å²) in [5, 5.41) is 0. The van der Waals surface area contributed by atoms with Crippen LogP contribution in [0, 0.1) is 0 Å². The zero-order valence-corrected chi connectivity index (χ0v) is 16.4. The molecule has 0 spiro atoms. The number of fused-ring (bicyclic) bond motifs is 2. The smallest absolute Gasteiger partial charge is 0.237 e. The molecular formula is C22H29N3O3. The number of para-hydroxylation sites is 2. The Kier molecular flexibility index (Phi) is 5.07. The summed E-state index contributed by atoms with van der Waals surface area (Å²) in [7, 11) is 0. The van der Waals surface area contributed by atoms with Crippen molar-refractivity contribution in [1.82, 2.24) is 14.8 Å². The van der Waals surface area contributed by atoms with Crippen LogP contribution in [0.4, 0.5) is 0 Å². The van der Waals surface area contributed by atoms with E-state index >= 15 is 0 Å². The first kappa shape index (κ1) is 18.1. The molecule has 28 heavy (non-hydrogen) atoms. The first-order valence-electron chi connectivity index (χ1n) is 10.8. The molecule has 3 heterocycles. The quantitative estimate of drug-likeness (QED) is 0.815. The lowest BCUT2D eigenvalue weighted by atomic mass is 9.90. The Labute approximate surface area is 165 Å². The number of oxazole rings is 1. The van der Waals surface area contributed by atoms with Gasteiger partial charge in [-0.05, 0) is 44.4 Å². The minimum Gasteiger partial charge on any atom is -0.440 e. The van der Waals surface area contributed by atoms with E-state index in [1.165, 1.54) is 12.8 Å². The van der Waals surface area contributed by atoms with Crippen molar-refractivity contribution in [2.45, 2.75) is 56.6 Å². The number of likely N-dealkylation sites (tertiary alicyclic amines) is 1. The molecule has 6 heteroatoms. The van der Waals surface area contributed by atoms with Crippen LogP contribution in [0.15, 0.2) is 28.7 Å². The molecule has 3 fully saturated rings. The zero-order valence-electron chi connectivity index (χ0n) is 16.4. The molecule has 3 unspecified atom stereocenters. The highest BCUT2D eigenvalue weighted by Gasteiger charge is 2.37. The summed E-state index contributed by atoms with van der Waals surface area (Å²) in [4.78, 5) is 22.2. The molecule has 0 bridgehead atoms. The van der Waals surface area contributed by atoms with Crippen molar-refractivity contribution < 1.29 is 13.9 Å². The van der Waals surface area contributed by atoms with Gasteiger partial charge in [-0.2, -0.15) is 0 Å². The topological polar surface area (TPSA) is 58.8 Å². The van der Waals surface area contributed by atoms with E-state index in [1.807, 2.05) is 24.3 Å². The van der Waals surface area contributed by atoms with Gasteiger partial charge in [-0.1, -0.05) is 25.0 Å². The Morgan fingerprint density at radius 1 is 1.11 bits per heavy atom. The molecule has 1 aromatic heterocycles. The second kappa shape index (κ2) is 7.84. The molecule has 2 saturated heterocycles. The van der Waals surface area contributed by atoms with E-state index in [4.69, 9.17) is 9.15 Å². The van der Waals surface area contributed by atoms with E-state index in [2.05, 4.69) is 14.8 Å². The fourth-order valence-electron chi connectivity index (χ4n) is 5.15. The molecular weight excluding hydrogens is 354 g/mol. The number of rotatable bonds is 3. The molecule has 1 aromatic carbocycles. The van der Waals surface area contributed by atoms with Crippen LogP contribution in [-0.4, -0.2) is 65.6 Å². The molecule has 150 valence electrons. The Morgan fingerprint density at radius 3 is 2.93 bits per heavy atom. The van der Waals surface area contributed by atoms with E-state index in [0.29, 0.717) is 13.2 Å². The summed E-state index contributed by atoms with van der Waals surface area (Å²) >= 11 is 0. The van der Waals surface area contributed by atoms with Crippen LogP contribution in [0.3, 0.4) is 0 Å². The van der Waals surface area contributed by atoms with Crippen molar-refractivity contribution in [3.8, 4) is 0 Å². The van der Waals surface area contributed by atoms with Gasteiger partial charge < -0.3 is 14.1 Å². The fourth-order valence-corrected chi connectivity index (χ4v) is 5.15. The number of piperidine rings is 1. The largest absolute Gasteiger partial charge is 0.440 e. The first-order chi connectivity index (χ1) is 13.8. The van der Waals surface area contributed by atoms with Crippen LogP contribution < -0.4 is 0 Å². The van der Waals surface area contributed by atoms with Gasteiger partial charge >= 0.3 is 0 Å². The monoisotopic (exact) mass is 383 g/mol. The van der Waals surface area contributed by atoms with Crippen LogP contribution in [0.2, 0.25) is 0 Å². The molecule has 0 N–H and O–H groups in total. The van der Waals surface area contributed by atoms with Gasteiger partial charge in [-0.3, -0.25) is 9.69 Å². The minimum absolute atomic E-state index is 0.250. The number of benzene rings is 1. The van der Waals surface area contributed by atoms with E-state index in [0.717, 1.165) is 62.3 Å². The number of hydrogen-bond donors (Lipinski definition) is 0. The maximum absolute atomic E-state index is 13.1. The third-order valence-electron chi connectivity index (χ3n) is 6.58. The van der Waals surface area contributed by atoms with Gasteiger partial charge in [0.05, 0.1) is 25.3 Å². The van der Waals surface area contributed by atoms with Crippen molar-refractivity contribution >= 4 is 17.0 Å². The maximum atomic E-state index is 13.1. The molecule has 1 aliphatic carbocycles. The summed E-state index contributed by atoms with van der Waals surface area (Å²) in [6, 6.07) is 8.21. The van der Waals surface area contributed by atoms with Gasteiger partial charge in [0.25, 0.3) is 0 Å². The van der Waals surface area contributed by atoms with E-state index in [9.17, 15) is 4.79 Å². The number of aromatic nitrogens is 1. The minimum atomic E-state index is 0.250. The maximum Gasteiger partial charge on any atom is 0.237 e. The van der Waals surface area contributed by atoms with Gasteiger partial charge in [-0.25, -0.2) is 4.98 Å². The van der Waals surface area contributed by atoms with Crippen LogP contribution >= 0.6 is 0 Å². The predicted molar refractivity (Wildman–Crippen MR) is 106 cm³/mol. The standard InChI is InChI=1S/C22H29N3O3/c26-21(25-12-13-27-20-10-4-2-8-18(20)25)15-24-11-5-6-16(14-24)22-23-17-7-1-3-9-19(17)28-22/h1,3,7,9,16,18,20H,2,4-6,8,10-15H2. The van der Waals surface area contributed by atoms with Crippen LogP contribution in [-0.2, 0) is 9.53 Å². The van der Waals surface area contributed by atoms with Crippen LogP contribution in [0.5, 0.6) is 0 Å². The average Bonchev–Trinajstić information content (AvgIpc) is 3.18. The molecule has 3 aliphatic rings. The molecule has 5 rings (SSSR count). The summed E-state index contributed by atoms with van der Waals surface area (Å²) in [6.07, 6.45) is 7.01. The Balaban J connectivity index is 1.24. The number of amides is 1. The lowest BCUT2D eigenvalue weighted by Crippen LogP contribution is -2.57. The van der Waals surface area contributed by atoms with Crippen molar-refractivity contribution in [3.05, 3.63) is 30.2 Å². The number of hydrogen-bond acceptors (Lipinski definition) is 5. The number of carbonyl (C=O) groups is 1. The zero-order chi connectivity index (χ0) is 18.9. The SMILES string of the molecule is O=C(CN1CCCC(c2nc3ccccc3o2)C1)N1CCOC2CCCCC21. The van der Waals surface area contributed by atoms with Crippen molar-refractivity contribution in [1.29, 1.82) is 0 Å². The molecule has 0 radical (unpaired) electrons. The van der Waals surface area contributed by atoms with E-state index < -0.39 is 0 Å². The third-order valence-corrected chi connectivity index (χ3v) is 6.58. The normalized spacial score (nSPS) is 29.0. The Hall–Kier alpha value is -1.92. The lowest BCUT2D eigenvalue weighted by Gasteiger charge is -2.44. The van der Waals surface area contributed by atoms with Gasteiger partial charge in [0.1, 0.15) is 5.52 Å². The highest BCUT2D eigenvalue weighted by molar-refractivity contribution is 5.79. The van der Waals surface area contributed by atoms with Crippen molar-refractivity contribution in [2.75, 3.05) is 32.8 Å². The number of ether oxygens (including phenoxy) is 1. The van der Waals surface area contributed by atoms with Crippen molar-refractivity contribution in [3.63, 3.8) is 0 Å². The van der Waals surface area contributed by atoms with Gasteiger partial charge in [0, 0.05) is 19.0 Å². The van der Waals surface area contributed by atoms with Gasteiger partial charge in [0.15, 0.2) is 11.5 Å². The van der Waals surface area contributed by atoms with Gasteiger partial charge in [-0.15, -0.1) is 0 Å². The van der Waals surface area contributed by atoms with Crippen LogP contribution in [0.25, 0.3) is 11.1 Å². The second-order valence-corrected chi connectivity index (χ2v) is 8.44. The number of carbonyl (C=O) groups excluding carboxylic acids is 1. The molecule has 1 saturated carbocycles. The Bertz CT molecular complexity index is 800. The number of nitrogens with zero attached hydrogens (tertiary/aromatic N) is 3. The average molecular weight is 383 g/mol. The van der Waals surface area contributed by atoms with E-state index in [1.54, 1.807) is 0 Å². The molecule has 3 atom stereocenters. The summed E-state index contributed by atoms with van der Waals surface area (Å²) in [6.45, 7) is 3.73. The lowest BCUT2D eigenvalue weighted by molar-refractivity contribution is -0.150. The van der Waals surface area contributed by atoms with Gasteiger partial charge in [0.2, 0.25) is 5.91 Å².